The third kappa shape index (κ3) is 5.56. The number of sulfonamides is 1. The minimum atomic E-state index is -3.78. The zero-order chi connectivity index (χ0) is 24.1. The van der Waals surface area contributed by atoms with Crippen molar-refractivity contribution in [3.05, 3.63) is 102 Å². The van der Waals surface area contributed by atoms with E-state index in [0.717, 1.165) is 11.1 Å². The molecule has 1 atom stereocenters. The Morgan fingerprint density at radius 1 is 0.941 bits per heavy atom. The zero-order valence-corrected chi connectivity index (χ0v) is 19.5. The number of carbonyl (C=O) groups is 1. The van der Waals surface area contributed by atoms with Crippen molar-refractivity contribution in [2.24, 2.45) is 5.14 Å². The van der Waals surface area contributed by atoms with E-state index in [9.17, 15) is 13.2 Å². The molecule has 0 fully saturated rings. The molecule has 174 valence electrons. The highest BCUT2D eigenvalue weighted by atomic mass is 32.2. The zero-order valence-electron chi connectivity index (χ0n) is 18.7. The van der Waals surface area contributed by atoms with Gasteiger partial charge >= 0.3 is 0 Å². The standard InChI is InChI=1S/C25H25N5O3S/c1-29(17-20-10-6-3-7-11-20)25(31)24(16-19-8-4-2-5-9-19)30-18-23(27-28-30)21-12-14-22(15-13-21)34(26,32)33/h2-15,18,24H,16-17H2,1H3,(H2,26,32,33). The second-order valence-electron chi connectivity index (χ2n) is 8.04. The molecular weight excluding hydrogens is 450 g/mol. The van der Waals surface area contributed by atoms with Crippen molar-refractivity contribution in [2.75, 3.05) is 7.05 Å². The molecule has 4 aromatic rings. The molecule has 0 saturated heterocycles. The monoisotopic (exact) mass is 475 g/mol. The molecule has 0 saturated carbocycles. The van der Waals surface area contributed by atoms with Crippen LogP contribution in [-0.2, 0) is 27.8 Å². The fourth-order valence-electron chi connectivity index (χ4n) is 3.70. The van der Waals surface area contributed by atoms with Crippen molar-refractivity contribution >= 4 is 15.9 Å². The van der Waals surface area contributed by atoms with Crippen LogP contribution in [0.2, 0.25) is 0 Å². The second-order valence-corrected chi connectivity index (χ2v) is 9.60. The van der Waals surface area contributed by atoms with E-state index < -0.39 is 16.1 Å². The summed E-state index contributed by atoms with van der Waals surface area (Å²) in [7, 11) is -2.01. The van der Waals surface area contributed by atoms with Gasteiger partial charge in [-0.2, -0.15) is 0 Å². The number of amides is 1. The predicted octanol–water partition coefficient (Wildman–Crippen LogP) is 3.03. The number of likely N-dealkylation sites (N-methyl/N-ethyl adjacent to an activating group) is 1. The van der Waals surface area contributed by atoms with Gasteiger partial charge in [-0.1, -0.05) is 78.0 Å². The Labute approximate surface area is 198 Å². The normalized spacial score (nSPS) is 12.3. The van der Waals surface area contributed by atoms with Gasteiger partial charge in [-0.25, -0.2) is 18.2 Å². The lowest BCUT2D eigenvalue weighted by Crippen LogP contribution is -2.35. The van der Waals surface area contributed by atoms with Crippen molar-refractivity contribution in [3.8, 4) is 11.3 Å². The molecule has 1 unspecified atom stereocenters. The molecule has 0 aliphatic heterocycles. The molecule has 0 spiro atoms. The number of rotatable bonds is 8. The Bertz CT molecular complexity index is 1350. The summed E-state index contributed by atoms with van der Waals surface area (Å²) >= 11 is 0. The van der Waals surface area contributed by atoms with E-state index in [-0.39, 0.29) is 10.8 Å². The summed E-state index contributed by atoms with van der Waals surface area (Å²) in [5, 5.41) is 13.7. The number of hydrogen-bond donors (Lipinski definition) is 1. The molecule has 0 radical (unpaired) electrons. The second kappa shape index (κ2) is 9.98. The number of benzene rings is 3. The van der Waals surface area contributed by atoms with Crippen LogP contribution in [0.3, 0.4) is 0 Å². The lowest BCUT2D eigenvalue weighted by Gasteiger charge is -2.24. The number of nitrogens with zero attached hydrogens (tertiary/aromatic N) is 4. The Morgan fingerprint density at radius 2 is 1.53 bits per heavy atom. The maximum atomic E-state index is 13.5. The van der Waals surface area contributed by atoms with Crippen molar-refractivity contribution in [2.45, 2.75) is 23.9 Å². The minimum Gasteiger partial charge on any atom is -0.340 e. The quantitative estimate of drug-likeness (QED) is 0.421. The van der Waals surface area contributed by atoms with E-state index in [2.05, 4.69) is 10.3 Å². The Kier molecular flexibility index (Phi) is 6.85. The highest BCUT2D eigenvalue weighted by Crippen LogP contribution is 2.23. The van der Waals surface area contributed by atoms with Crippen LogP contribution in [0, 0.1) is 0 Å². The average molecular weight is 476 g/mol. The molecule has 8 nitrogen and oxygen atoms in total. The average Bonchev–Trinajstić information content (AvgIpc) is 3.33. The molecule has 1 aromatic heterocycles. The summed E-state index contributed by atoms with van der Waals surface area (Å²) in [5.41, 5.74) is 3.23. The molecule has 4 rings (SSSR count). The first kappa shape index (κ1) is 23.3. The highest BCUT2D eigenvalue weighted by Gasteiger charge is 2.26. The van der Waals surface area contributed by atoms with Crippen LogP contribution < -0.4 is 5.14 Å². The van der Waals surface area contributed by atoms with Gasteiger partial charge in [-0.05, 0) is 23.3 Å². The van der Waals surface area contributed by atoms with Crippen LogP contribution in [0.15, 0.2) is 96.0 Å². The van der Waals surface area contributed by atoms with Crippen molar-refractivity contribution in [1.29, 1.82) is 0 Å². The van der Waals surface area contributed by atoms with Gasteiger partial charge in [0, 0.05) is 25.6 Å². The third-order valence-electron chi connectivity index (χ3n) is 5.50. The summed E-state index contributed by atoms with van der Waals surface area (Å²) in [5.74, 6) is -0.0891. The largest absolute Gasteiger partial charge is 0.340 e. The van der Waals surface area contributed by atoms with Crippen molar-refractivity contribution < 1.29 is 13.2 Å². The van der Waals surface area contributed by atoms with E-state index in [4.69, 9.17) is 5.14 Å². The molecule has 0 aliphatic rings. The lowest BCUT2D eigenvalue weighted by atomic mass is 10.0. The van der Waals surface area contributed by atoms with E-state index in [0.29, 0.717) is 24.2 Å². The Morgan fingerprint density at radius 3 is 2.12 bits per heavy atom. The molecule has 1 amide bonds. The number of carbonyl (C=O) groups excluding carboxylic acids is 1. The number of aromatic nitrogens is 3. The molecule has 2 N–H and O–H groups in total. The molecule has 3 aromatic carbocycles. The van der Waals surface area contributed by atoms with Crippen LogP contribution in [0.25, 0.3) is 11.3 Å². The fraction of sp³-hybridized carbons (Fsp3) is 0.160. The third-order valence-corrected chi connectivity index (χ3v) is 6.43. The van der Waals surface area contributed by atoms with Crippen LogP contribution in [0.4, 0.5) is 0 Å². The Hall–Kier alpha value is -3.82. The van der Waals surface area contributed by atoms with Crippen LogP contribution in [-0.4, -0.2) is 41.3 Å². The SMILES string of the molecule is CN(Cc1ccccc1)C(=O)C(Cc1ccccc1)n1cc(-c2ccc(S(N)(=O)=O)cc2)nn1. The Balaban J connectivity index is 1.61. The van der Waals surface area contributed by atoms with E-state index in [1.807, 2.05) is 60.7 Å². The van der Waals surface area contributed by atoms with Gasteiger partial charge in [-0.3, -0.25) is 4.79 Å². The summed E-state index contributed by atoms with van der Waals surface area (Å²) in [6.07, 6.45) is 2.15. The first-order valence-electron chi connectivity index (χ1n) is 10.7. The van der Waals surface area contributed by atoms with E-state index in [1.54, 1.807) is 35.0 Å². The van der Waals surface area contributed by atoms with Gasteiger partial charge in [0.25, 0.3) is 0 Å². The summed E-state index contributed by atoms with van der Waals surface area (Å²) in [6, 6.07) is 25.0. The number of nitrogens with two attached hydrogens (primary N) is 1. The van der Waals surface area contributed by atoms with E-state index >= 15 is 0 Å². The first-order valence-corrected chi connectivity index (χ1v) is 12.2. The van der Waals surface area contributed by atoms with Crippen LogP contribution >= 0.6 is 0 Å². The summed E-state index contributed by atoms with van der Waals surface area (Å²) in [6.45, 7) is 0.474. The van der Waals surface area contributed by atoms with Gasteiger partial charge in [0.1, 0.15) is 11.7 Å². The van der Waals surface area contributed by atoms with Crippen molar-refractivity contribution in [3.63, 3.8) is 0 Å². The maximum Gasteiger partial charge on any atom is 0.247 e. The van der Waals surface area contributed by atoms with Crippen molar-refractivity contribution in [1.82, 2.24) is 19.9 Å². The van der Waals surface area contributed by atoms with Gasteiger partial charge < -0.3 is 4.90 Å². The number of primary sulfonamides is 1. The van der Waals surface area contributed by atoms with Gasteiger partial charge in [-0.15, -0.1) is 5.10 Å². The maximum absolute atomic E-state index is 13.5. The lowest BCUT2D eigenvalue weighted by molar-refractivity contribution is -0.134. The van der Waals surface area contributed by atoms with Gasteiger partial charge in [0.05, 0.1) is 11.1 Å². The number of hydrogen-bond acceptors (Lipinski definition) is 5. The van der Waals surface area contributed by atoms with Gasteiger partial charge in [0.2, 0.25) is 15.9 Å². The molecule has 0 aliphatic carbocycles. The molecule has 34 heavy (non-hydrogen) atoms. The highest BCUT2D eigenvalue weighted by molar-refractivity contribution is 7.89. The van der Waals surface area contributed by atoms with Crippen LogP contribution in [0.1, 0.15) is 17.2 Å². The first-order chi connectivity index (χ1) is 16.3. The smallest absolute Gasteiger partial charge is 0.247 e. The van der Waals surface area contributed by atoms with Crippen LogP contribution in [0.5, 0.6) is 0 Å². The fourth-order valence-corrected chi connectivity index (χ4v) is 4.21. The minimum absolute atomic E-state index is 0.0170. The molecule has 9 heteroatoms. The molecular formula is C25H25N5O3S. The summed E-state index contributed by atoms with van der Waals surface area (Å²) < 4.78 is 24.6. The molecule has 0 bridgehead atoms. The molecule has 1 heterocycles. The predicted molar refractivity (Wildman–Crippen MR) is 129 cm³/mol. The topological polar surface area (TPSA) is 111 Å². The van der Waals surface area contributed by atoms with Gasteiger partial charge in [0.15, 0.2) is 0 Å². The van der Waals surface area contributed by atoms with E-state index in [1.165, 1.54) is 12.1 Å². The summed E-state index contributed by atoms with van der Waals surface area (Å²) in [4.78, 5) is 15.2.